The van der Waals surface area contributed by atoms with Crippen molar-refractivity contribution in [2.45, 2.75) is 23.8 Å². The van der Waals surface area contributed by atoms with Crippen molar-refractivity contribution < 1.29 is 4.21 Å². The minimum absolute atomic E-state index is 0.0299. The van der Waals surface area contributed by atoms with Crippen LogP contribution in [-0.4, -0.2) is 28.4 Å². The van der Waals surface area contributed by atoms with Gasteiger partial charge < -0.3 is 16.4 Å². The minimum Gasteiger partial charge on any atom is -0.398 e. The molecule has 0 aliphatic carbocycles. The highest BCUT2D eigenvalue weighted by Crippen LogP contribution is 2.26. The maximum Gasteiger partial charge on any atom is 0.133 e. The summed E-state index contributed by atoms with van der Waals surface area (Å²) >= 11 is 0. The van der Waals surface area contributed by atoms with E-state index in [0.717, 1.165) is 42.4 Å². The predicted octanol–water partition coefficient (Wildman–Crippen LogP) is 3.72. The van der Waals surface area contributed by atoms with E-state index in [1.807, 2.05) is 54.6 Å². The maximum atomic E-state index is 13.1. The first-order chi connectivity index (χ1) is 13.6. The molecule has 6 heteroatoms. The summed E-state index contributed by atoms with van der Waals surface area (Å²) in [5.41, 5.74) is 8.16. The van der Waals surface area contributed by atoms with Gasteiger partial charge in [0.1, 0.15) is 15.8 Å². The van der Waals surface area contributed by atoms with Crippen LogP contribution in [0.2, 0.25) is 0 Å². The average molecular weight is 393 g/mol. The number of benzene rings is 3. The van der Waals surface area contributed by atoms with Gasteiger partial charge in [-0.1, -0.05) is 36.4 Å². The molecule has 1 atom stereocenters. The highest BCUT2D eigenvalue weighted by Gasteiger charge is 2.18. The van der Waals surface area contributed by atoms with E-state index in [4.69, 9.17) is 11.1 Å². The summed E-state index contributed by atoms with van der Waals surface area (Å²) in [7, 11) is -1.60. The van der Waals surface area contributed by atoms with Crippen LogP contribution in [0.25, 0.3) is 10.8 Å². The molecule has 3 aromatic rings. The molecule has 1 aliphatic rings. The molecule has 5 N–H and O–H groups in total. The molecule has 1 fully saturated rings. The molecule has 28 heavy (non-hydrogen) atoms. The summed E-state index contributed by atoms with van der Waals surface area (Å²) in [5, 5.41) is 17.3. The number of anilines is 2. The van der Waals surface area contributed by atoms with Crippen LogP contribution in [0.1, 0.15) is 18.4 Å². The van der Waals surface area contributed by atoms with Gasteiger partial charge >= 0.3 is 0 Å². The topological polar surface area (TPSA) is 91.0 Å². The Morgan fingerprint density at radius 2 is 1.82 bits per heavy atom. The zero-order valence-corrected chi connectivity index (χ0v) is 16.4. The van der Waals surface area contributed by atoms with Crippen molar-refractivity contribution in [3.05, 3.63) is 66.2 Å². The molecule has 3 aromatic carbocycles. The van der Waals surface area contributed by atoms with Crippen molar-refractivity contribution in [2.75, 3.05) is 24.1 Å². The zero-order chi connectivity index (χ0) is 19.5. The second kappa shape index (κ2) is 8.12. The predicted molar refractivity (Wildman–Crippen MR) is 118 cm³/mol. The highest BCUT2D eigenvalue weighted by atomic mass is 32.2. The summed E-state index contributed by atoms with van der Waals surface area (Å²) in [6, 6.07) is 19.4. The second-order valence-electron chi connectivity index (χ2n) is 7.05. The van der Waals surface area contributed by atoms with Crippen molar-refractivity contribution in [1.82, 2.24) is 5.32 Å². The van der Waals surface area contributed by atoms with E-state index < -0.39 is 10.8 Å². The van der Waals surface area contributed by atoms with E-state index in [1.54, 1.807) is 6.07 Å². The minimum atomic E-state index is -1.60. The number of hydrogen-bond acceptors (Lipinski definition) is 5. The van der Waals surface area contributed by atoms with Gasteiger partial charge in [-0.2, -0.15) is 0 Å². The van der Waals surface area contributed by atoms with E-state index in [9.17, 15) is 4.21 Å². The van der Waals surface area contributed by atoms with Gasteiger partial charge in [0.2, 0.25) is 0 Å². The van der Waals surface area contributed by atoms with Gasteiger partial charge in [0.25, 0.3) is 0 Å². The number of hydrogen-bond donors (Lipinski definition) is 4. The molecular weight excluding hydrogens is 368 g/mol. The van der Waals surface area contributed by atoms with E-state index in [-0.39, 0.29) is 5.04 Å². The molecule has 1 unspecified atom stereocenters. The third-order valence-corrected chi connectivity index (χ3v) is 6.49. The van der Waals surface area contributed by atoms with Gasteiger partial charge in [0.05, 0.1) is 4.90 Å². The van der Waals surface area contributed by atoms with Gasteiger partial charge in [-0.15, -0.1) is 0 Å². The zero-order valence-electron chi connectivity index (χ0n) is 15.6. The SMILES string of the molecule is N=C(c1ccc(NC2CCNCC2)cc1N)S(=O)c1cccc2ccccc12. The molecule has 1 saturated heterocycles. The van der Waals surface area contributed by atoms with Crippen molar-refractivity contribution in [2.24, 2.45) is 0 Å². The van der Waals surface area contributed by atoms with Crippen molar-refractivity contribution in [1.29, 1.82) is 5.41 Å². The molecule has 0 saturated carbocycles. The fourth-order valence-electron chi connectivity index (χ4n) is 3.63. The van der Waals surface area contributed by atoms with Crippen LogP contribution < -0.4 is 16.4 Å². The molecule has 1 aliphatic heterocycles. The van der Waals surface area contributed by atoms with Crippen LogP contribution in [0.4, 0.5) is 11.4 Å². The third-order valence-electron chi connectivity index (χ3n) is 5.14. The smallest absolute Gasteiger partial charge is 0.133 e. The average Bonchev–Trinajstić information content (AvgIpc) is 2.73. The molecule has 5 nitrogen and oxygen atoms in total. The normalized spacial score (nSPS) is 16.0. The summed E-state index contributed by atoms with van der Waals surface area (Å²) in [6.07, 6.45) is 2.14. The number of nitrogen functional groups attached to an aromatic ring is 1. The van der Waals surface area contributed by atoms with Gasteiger partial charge in [-0.3, -0.25) is 5.41 Å². The van der Waals surface area contributed by atoms with Gasteiger partial charge in [-0.05, 0) is 61.0 Å². The first kappa shape index (κ1) is 18.7. The van der Waals surface area contributed by atoms with Gasteiger partial charge in [0.15, 0.2) is 0 Å². The highest BCUT2D eigenvalue weighted by molar-refractivity contribution is 8.01. The Kier molecular flexibility index (Phi) is 5.41. The molecule has 1 heterocycles. The Hall–Kier alpha value is -2.70. The van der Waals surface area contributed by atoms with Crippen molar-refractivity contribution >= 4 is 38.0 Å². The van der Waals surface area contributed by atoms with Crippen LogP contribution in [0.15, 0.2) is 65.6 Å². The molecule has 0 spiro atoms. The quantitative estimate of drug-likeness (QED) is 0.309. The standard InChI is InChI=1S/C22H24N4OS/c23-20-14-17(26-16-10-12-25-13-11-16)8-9-19(20)22(24)28(27)21-7-3-5-15-4-1-2-6-18(15)21/h1-9,14,16,24-26H,10-13,23H2. The van der Waals surface area contributed by atoms with Crippen LogP contribution in [0.3, 0.4) is 0 Å². The van der Waals surface area contributed by atoms with E-state index in [0.29, 0.717) is 22.2 Å². The van der Waals surface area contributed by atoms with Crippen molar-refractivity contribution in [3.8, 4) is 0 Å². The second-order valence-corrected chi connectivity index (χ2v) is 8.43. The van der Waals surface area contributed by atoms with Crippen LogP contribution >= 0.6 is 0 Å². The van der Waals surface area contributed by atoms with Crippen LogP contribution in [0.5, 0.6) is 0 Å². The summed E-state index contributed by atoms with van der Waals surface area (Å²) in [6.45, 7) is 2.03. The van der Waals surface area contributed by atoms with E-state index in [2.05, 4.69) is 10.6 Å². The van der Waals surface area contributed by atoms with Gasteiger partial charge in [0, 0.05) is 23.0 Å². The van der Waals surface area contributed by atoms with Crippen LogP contribution in [0, 0.1) is 5.41 Å². The number of nitrogens with one attached hydrogen (secondary N) is 3. The molecule has 0 bridgehead atoms. The Bertz CT molecular complexity index is 1040. The lowest BCUT2D eigenvalue weighted by molar-refractivity contribution is 0.479. The first-order valence-electron chi connectivity index (χ1n) is 9.49. The van der Waals surface area contributed by atoms with E-state index in [1.165, 1.54) is 0 Å². The monoisotopic (exact) mass is 392 g/mol. The molecule has 0 aromatic heterocycles. The van der Waals surface area contributed by atoms with Gasteiger partial charge in [-0.25, -0.2) is 4.21 Å². The van der Waals surface area contributed by atoms with Crippen LogP contribution in [-0.2, 0) is 10.8 Å². The lowest BCUT2D eigenvalue weighted by atomic mass is 10.1. The van der Waals surface area contributed by atoms with Crippen molar-refractivity contribution in [3.63, 3.8) is 0 Å². The Morgan fingerprint density at radius 1 is 1.07 bits per heavy atom. The maximum absolute atomic E-state index is 13.1. The molecule has 0 amide bonds. The Labute approximate surface area is 167 Å². The number of piperidine rings is 1. The molecule has 0 radical (unpaired) electrons. The summed E-state index contributed by atoms with van der Waals surface area (Å²) < 4.78 is 13.1. The lowest BCUT2D eigenvalue weighted by Gasteiger charge is -2.25. The molecule has 4 rings (SSSR count). The summed E-state index contributed by atoms with van der Waals surface area (Å²) in [5.74, 6) is 0. The molecule has 144 valence electrons. The fraction of sp³-hybridized carbons (Fsp3) is 0.227. The lowest BCUT2D eigenvalue weighted by Crippen LogP contribution is -2.35. The number of fused-ring (bicyclic) bond motifs is 1. The number of rotatable bonds is 4. The first-order valence-corrected chi connectivity index (χ1v) is 10.6. The number of nitrogens with two attached hydrogens (primary N) is 1. The third kappa shape index (κ3) is 3.79. The molecular formula is C22H24N4OS. The Balaban J connectivity index is 1.58. The Morgan fingerprint density at radius 3 is 2.61 bits per heavy atom. The largest absolute Gasteiger partial charge is 0.398 e. The fourth-order valence-corrected chi connectivity index (χ4v) is 4.82. The summed E-state index contributed by atoms with van der Waals surface area (Å²) in [4.78, 5) is 0.638. The van der Waals surface area contributed by atoms with E-state index >= 15 is 0 Å².